The van der Waals surface area contributed by atoms with Crippen molar-refractivity contribution in [3.8, 4) is 0 Å². The number of nitrogens with zero attached hydrogens (tertiary/aromatic N) is 1. The number of thiazole rings is 1. The maximum atomic E-state index is 5.25. The van der Waals surface area contributed by atoms with Crippen LogP contribution in [0.2, 0.25) is 0 Å². The van der Waals surface area contributed by atoms with Crippen molar-refractivity contribution in [3.63, 3.8) is 0 Å². The van der Waals surface area contributed by atoms with E-state index in [0.717, 1.165) is 24.7 Å². The van der Waals surface area contributed by atoms with Crippen molar-refractivity contribution in [2.24, 2.45) is 5.41 Å². The number of methoxy groups -OCH3 is 1. The topological polar surface area (TPSA) is 34.1 Å². The predicted molar refractivity (Wildman–Crippen MR) is 75.8 cm³/mol. The van der Waals surface area contributed by atoms with Crippen molar-refractivity contribution >= 4 is 11.3 Å². The summed E-state index contributed by atoms with van der Waals surface area (Å²) in [5.41, 5.74) is 1.42. The molecule has 0 saturated heterocycles. The molecule has 4 heteroatoms. The molecule has 0 unspecified atom stereocenters. The molecule has 0 aliphatic heterocycles. The van der Waals surface area contributed by atoms with Gasteiger partial charge in [-0.2, -0.15) is 0 Å². The van der Waals surface area contributed by atoms with Gasteiger partial charge in [0, 0.05) is 31.0 Å². The van der Waals surface area contributed by atoms with Gasteiger partial charge in [-0.1, -0.05) is 20.8 Å². The summed E-state index contributed by atoms with van der Waals surface area (Å²) in [7, 11) is 1.74. The zero-order chi connectivity index (χ0) is 13.2. The fourth-order valence-corrected chi connectivity index (χ4v) is 3.20. The van der Waals surface area contributed by atoms with Crippen LogP contribution in [0.5, 0.6) is 0 Å². The van der Waals surface area contributed by atoms with Crippen LogP contribution in [0.4, 0.5) is 0 Å². The Balaban J connectivity index is 2.04. The lowest BCUT2D eigenvalue weighted by Gasteiger charge is -2.15. The van der Waals surface area contributed by atoms with Gasteiger partial charge in [0.25, 0.3) is 0 Å². The lowest BCUT2D eigenvalue weighted by atomic mass is 9.93. The van der Waals surface area contributed by atoms with Gasteiger partial charge in [0.15, 0.2) is 0 Å². The van der Waals surface area contributed by atoms with Crippen molar-refractivity contribution in [3.05, 3.63) is 15.6 Å². The average Bonchev–Trinajstić information content (AvgIpc) is 2.99. The van der Waals surface area contributed by atoms with Gasteiger partial charge >= 0.3 is 0 Å². The Morgan fingerprint density at radius 2 is 2.11 bits per heavy atom. The maximum Gasteiger partial charge on any atom is 0.0937 e. The zero-order valence-corrected chi connectivity index (χ0v) is 12.7. The minimum atomic E-state index is 0.295. The Morgan fingerprint density at radius 1 is 1.39 bits per heavy atom. The van der Waals surface area contributed by atoms with E-state index in [-0.39, 0.29) is 0 Å². The molecular weight excluding hydrogens is 244 g/mol. The number of ether oxygens (including phenoxy) is 1. The summed E-state index contributed by atoms with van der Waals surface area (Å²) in [6.45, 7) is 8.35. The van der Waals surface area contributed by atoms with Crippen molar-refractivity contribution in [1.29, 1.82) is 0 Å². The van der Waals surface area contributed by atoms with Crippen LogP contribution in [-0.4, -0.2) is 18.1 Å². The minimum Gasteiger partial charge on any atom is -0.378 e. The first-order valence-electron chi connectivity index (χ1n) is 6.68. The minimum absolute atomic E-state index is 0.295. The third-order valence-corrected chi connectivity index (χ3v) is 4.01. The summed E-state index contributed by atoms with van der Waals surface area (Å²) in [5, 5.41) is 4.80. The molecule has 1 aliphatic rings. The highest BCUT2D eigenvalue weighted by Crippen LogP contribution is 2.27. The first-order valence-corrected chi connectivity index (χ1v) is 7.49. The smallest absolute Gasteiger partial charge is 0.0937 e. The van der Waals surface area contributed by atoms with Gasteiger partial charge in [-0.3, -0.25) is 0 Å². The fraction of sp³-hybridized carbons (Fsp3) is 0.786. The molecule has 2 rings (SSSR count). The van der Waals surface area contributed by atoms with E-state index in [1.54, 1.807) is 7.11 Å². The van der Waals surface area contributed by atoms with Gasteiger partial charge in [0.2, 0.25) is 0 Å². The Morgan fingerprint density at radius 3 is 2.67 bits per heavy atom. The molecule has 1 aromatic rings. The lowest BCUT2D eigenvalue weighted by Crippen LogP contribution is -2.15. The van der Waals surface area contributed by atoms with Crippen LogP contribution in [0.3, 0.4) is 0 Å². The molecule has 1 fully saturated rings. The molecule has 1 aromatic heterocycles. The highest BCUT2D eigenvalue weighted by molar-refractivity contribution is 7.11. The van der Waals surface area contributed by atoms with Gasteiger partial charge in [0.1, 0.15) is 0 Å². The number of aromatic nitrogens is 1. The summed E-state index contributed by atoms with van der Waals surface area (Å²) < 4.78 is 5.25. The molecule has 1 heterocycles. The first kappa shape index (κ1) is 14.0. The van der Waals surface area contributed by atoms with E-state index in [9.17, 15) is 0 Å². The second-order valence-corrected chi connectivity index (χ2v) is 7.47. The molecule has 0 bridgehead atoms. The zero-order valence-electron chi connectivity index (χ0n) is 11.9. The molecule has 0 radical (unpaired) electrons. The van der Waals surface area contributed by atoms with Gasteiger partial charge in [-0.15, -0.1) is 11.3 Å². The third kappa shape index (κ3) is 4.34. The van der Waals surface area contributed by atoms with E-state index in [1.165, 1.54) is 22.7 Å². The molecule has 0 spiro atoms. The molecule has 102 valence electrons. The summed E-state index contributed by atoms with van der Waals surface area (Å²) in [6, 6.07) is 0.744. The number of hydrogen-bond donors (Lipinski definition) is 1. The van der Waals surface area contributed by atoms with Crippen LogP contribution in [0.1, 0.15) is 49.2 Å². The van der Waals surface area contributed by atoms with Gasteiger partial charge in [0.05, 0.1) is 17.3 Å². The van der Waals surface area contributed by atoms with Crippen molar-refractivity contribution in [2.75, 3.05) is 7.11 Å². The summed E-state index contributed by atoms with van der Waals surface area (Å²) in [4.78, 5) is 6.09. The second kappa shape index (κ2) is 5.68. The van der Waals surface area contributed by atoms with E-state index >= 15 is 0 Å². The molecule has 1 aliphatic carbocycles. The van der Waals surface area contributed by atoms with Gasteiger partial charge in [-0.25, -0.2) is 4.98 Å². The standard InChI is InChI=1S/C14H24N2OS/c1-14(2,3)7-13-16-11(9-17-4)12(18-13)8-15-10-5-6-10/h10,15H,5-9H2,1-4H3. The molecule has 18 heavy (non-hydrogen) atoms. The Bertz CT molecular complexity index is 391. The van der Waals surface area contributed by atoms with E-state index in [0.29, 0.717) is 12.0 Å². The third-order valence-electron chi connectivity index (χ3n) is 2.91. The number of nitrogens with one attached hydrogen (secondary N) is 1. The normalized spacial score (nSPS) is 16.2. The highest BCUT2D eigenvalue weighted by Gasteiger charge is 2.22. The average molecular weight is 268 g/mol. The lowest BCUT2D eigenvalue weighted by molar-refractivity contribution is 0.181. The Labute approximate surface area is 114 Å². The summed E-state index contributed by atoms with van der Waals surface area (Å²) in [5.74, 6) is 0. The van der Waals surface area contributed by atoms with Crippen LogP contribution >= 0.6 is 11.3 Å². The number of hydrogen-bond acceptors (Lipinski definition) is 4. The number of rotatable bonds is 6. The molecule has 0 atom stereocenters. The van der Waals surface area contributed by atoms with Crippen molar-refractivity contribution in [2.45, 2.75) is 59.2 Å². The van der Waals surface area contributed by atoms with E-state index in [2.05, 4.69) is 26.1 Å². The van der Waals surface area contributed by atoms with E-state index in [1.807, 2.05) is 11.3 Å². The molecule has 1 N–H and O–H groups in total. The SMILES string of the molecule is COCc1nc(CC(C)(C)C)sc1CNC1CC1. The monoisotopic (exact) mass is 268 g/mol. The molecule has 0 amide bonds. The maximum absolute atomic E-state index is 5.25. The highest BCUT2D eigenvalue weighted by atomic mass is 32.1. The molecule has 1 saturated carbocycles. The second-order valence-electron chi connectivity index (χ2n) is 6.30. The first-order chi connectivity index (χ1) is 8.48. The fourth-order valence-electron chi connectivity index (χ4n) is 1.88. The van der Waals surface area contributed by atoms with Crippen LogP contribution in [0, 0.1) is 5.41 Å². The molecule has 3 nitrogen and oxygen atoms in total. The molecular formula is C14H24N2OS. The largest absolute Gasteiger partial charge is 0.378 e. The van der Waals surface area contributed by atoms with Crippen molar-refractivity contribution < 1.29 is 4.74 Å². The molecule has 0 aromatic carbocycles. The van der Waals surface area contributed by atoms with E-state index in [4.69, 9.17) is 9.72 Å². The van der Waals surface area contributed by atoms with Crippen LogP contribution in [0.15, 0.2) is 0 Å². The van der Waals surface area contributed by atoms with Crippen LogP contribution in [0.25, 0.3) is 0 Å². The Hall–Kier alpha value is -0.450. The Kier molecular flexibility index (Phi) is 4.41. The van der Waals surface area contributed by atoms with Gasteiger partial charge in [-0.05, 0) is 18.3 Å². The summed E-state index contributed by atoms with van der Waals surface area (Å²) >= 11 is 1.84. The summed E-state index contributed by atoms with van der Waals surface area (Å²) in [6.07, 6.45) is 3.69. The quantitative estimate of drug-likeness (QED) is 0.860. The van der Waals surface area contributed by atoms with Gasteiger partial charge < -0.3 is 10.1 Å². The van der Waals surface area contributed by atoms with Crippen LogP contribution < -0.4 is 5.32 Å². The van der Waals surface area contributed by atoms with Crippen molar-refractivity contribution in [1.82, 2.24) is 10.3 Å². The van der Waals surface area contributed by atoms with Crippen LogP contribution in [-0.2, 0) is 24.3 Å². The predicted octanol–water partition coefficient (Wildman–Crippen LogP) is 3.13. The van der Waals surface area contributed by atoms with E-state index < -0.39 is 0 Å².